The van der Waals surface area contributed by atoms with E-state index in [4.69, 9.17) is 17.3 Å². The summed E-state index contributed by atoms with van der Waals surface area (Å²) in [5, 5.41) is 6.63. The van der Waals surface area contributed by atoms with Gasteiger partial charge in [0.15, 0.2) is 5.83 Å². The Morgan fingerprint density at radius 2 is 2.20 bits per heavy atom. The number of nitrogens with one attached hydrogen (secondary N) is 3. The van der Waals surface area contributed by atoms with Crippen LogP contribution < -0.4 is 16.4 Å². The van der Waals surface area contributed by atoms with E-state index in [0.717, 1.165) is 56.6 Å². The molecule has 0 aliphatic heterocycles. The van der Waals surface area contributed by atoms with Crippen molar-refractivity contribution in [3.63, 3.8) is 0 Å². The number of carbonyl (C=O) groups excluding carboxylic acids is 1. The average molecular weight is 502 g/mol. The van der Waals surface area contributed by atoms with Crippen molar-refractivity contribution in [3.8, 4) is 0 Å². The lowest BCUT2D eigenvalue weighted by atomic mass is 9.92. The molecule has 10 heteroatoms. The van der Waals surface area contributed by atoms with E-state index in [2.05, 4.69) is 37.3 Å². The summed E-state index contributed by atoms with van der Waals surface area (Å²) in [5.41, 5.74) is 9.15. The molecule has 1 unspecified atom stereocenters. The number of aliphatic imine (C=N–C) groups is 2. The van der Waals surface area contributed by atoms with Gasteiger partial charge in [-0.3, -0.25) is 20.1 Å². The number of imidazole rings is 1. The molecule has 1 fully saturated rings. The minimum Gasteiger partial charge on any atom is -0.401 e. The summed E-state index contributed by atoms with van der Waals surface area (Å²) in [7, 11) is 1.90. The van der Waals surface area contributed by atoms with Crippen LogP contribution in [0, 0.1) is 11.8 Å². The minimum atomic E-state index is -0.529. The third kappa shape index (κ3) is 8.29. The monoisotopic (exact) mass is 501 g/mol. The number of carbonyl (C=O) groups is 1. The zero-order valence-electron chi connectivity index (χ0n) is 20.0. The van der Waals surface area contributed by atoms with Gasteiger partial charge in [0.05, 0.1) is 23.4 Å². The summed E-state index contributed by atoms with van der Waals surface area (Å²) >= 11 is 6.05. The number of nitrogens with two attached hydrogens (primary N) is 1. The van der Waals surface area contributed by atoms with Crippen molar-refractivity contribution in [2.24, 2.45) is 27.6 Å². The quantitative estimate of drug-likeness (QED) is 0.220. The fourth-order valence-electron chi connectivity index (χ4n) is 3.91. The van der Waals surface area contributed by atoms with Crippen molar-refractivity contribution >= 4 is 47.4 Å². The van der Waals surface area contributed by atoms with Gasteiger partial charge >= 0.3 is 0 Å². The number of fused-ring (bicyclic) bond motifs is 1. The topological polar surface area (TPSA) is 121 Å². The maximum absolute atomic E-state index is 13.4. The molecule has 35 heavy (non-hydrogen) atoms. The molecule has 1 aliphatic carbocycles. The lowest BCUT2D eigenvalue weighted by molar-refractivity contribution is -0.113. The molecule has 0 bridgehead atoms. The van der Waals surface area contributed by atoms with Crippen LogP contribution in [0.1, 0.15) is 38.5 Å². The molecule has 8 nitrogen and oxygen atoms in total. The first-order valence-corrected chi connectivity index (χ1v) is 12.2. The Morgan fingerprint density at radius 1 is 1.40 bits per heavy atom. The van der Waals surface area contributed by atoms with Crippen LogP contribution in [0.25, 0.3) is 11.0 Å². The molecule has 3 rings (SSSR count). The lowest BCUT2D eigenvalue weighted by Gasteiger charge is -2.18. The highest BCUT2D eigenvalue weighted by Gasteiger charge is 2.29. The number of hydrogen-bond donors (Lipinski definition) is 4. The number of halogens is 2. The average Bonchev–Trinajstić information content (AvgIpc) is 3.60. The first-order valence-electron chi connectivity index (χ1n) is 11.8. The molecule has 0 spiro atoms. The molecule has 5 N–H and O–H groups in total. The van der Waals surface area contributed by atoms with Gasteiger partial charge in [-0.15, -0.1) is 0 Å². The van der Waals surface area contributed by atoms with E-state index in [1.807, 2.05) is 7.05 Å². The van der Waals surface area contributed by atoms with Crippen LogP contribution in [0.5, 0.6) is 0 Å². The van der Waals surface area contributed by atoms with Gasteiger partial charge in [0.1, 0.15) is 0 Å². The van der Waals surface area contributed by atoms with E-state index in [1.165, 1.54) is 0 Å². The summed E-state index contributed by atoms with van der Waals surface area (Å²) in [6.45, 7) is 4.55. The summed E-state index contributed by atoms with van der Waals surface area (Å²) < 4.78 is 13.4. The zero-order valence-corrected chi connectivity index (χ0v) is 20.7. The van der Waals surface area contributed by atoms with Gasteiger partial charge in [-0.1, -0.05) is 11.6 Å². The van der Waals surface area contributed by atoms with Crippen molar-refractivity contribution in [1.29, 1.82) is 0 Å². The molecule has 188 valence electrons. The minimum absolute atomic E-state index is 0.242. The van der Waals surface area contributed by atoms with Gasteiger partial charge in [-0.25, -0.2) is 9.37 Å². The second-order valence-corrected chi connectivity index (χ2v) is 9.16. The third-order valence-electron chi connectivity index (χ3n) is 6.02. The van der Waals surface area contributed by atoms with E-state index in [-0.39, 0.29) is 11.8 Å². The zero-order chi connectivity index (χ0) is 25.2. The van der Waals surface area contributed by atoms with E-state index < -0.39 is 5.83 Å². The molecule has 0 radical (unpaired) electrons. The molecule has 1 amide bonds. The Labute approximate surface area is 210 Å². The Morgan fingerprint density at radius 3 is 2.91 bits per heavy atom. The van der Waals surface area contributed by atoms with Crippen LogP contribution in [0.4, 0.5) is 10.3 Å². The standard InChI is InChI=1S/C25H33ClFN7O/c1-29-11-9-16(10-12-31-15-19(27)14-30-2)3-7-20(23(28)17-4-5-17)24(35)34-25-32-21-8-6-18(26)13-22(21)33-25/h6,8,13-17,29H,2-5,7,9-12,28H2,1H3,(H2,32,33,34,35)/b19-14+,23-20-,31-15?. The van der Waals surface area contributed by atoms with E-state index in [0.29, 0.717) is 46.6 Å². The van der Waals surface area contributed by atoms with Crippen LogP contribution in [-0.4, -0.2) is 48.9 Å². The Balaban J connectivity index is 1.66. The number of anilines is 1. The highest BCUT2D eigenvalue weighted by atomic mass is 35.5. The van der Waals surface area contributed by atoms with Gasteiger partial charge in [0.25, 0.3) is 5.91 Å². The SMILES string of the molecule is C=N/C=C(/F)C=NCCC(CCNC)CC/C(C(=O)Nc1nc2ccc(Cl)cc2[nH]1)=C(/N)C1CC1. The third-order valence-corrected chi connectivity index (χ3v) is 6.25. The largest absolute Gasteiger partial charge is 0.401 e. The molecule has 1 atom stereocenters. The molecule has 1 saturated carbocycles. The molecule has 1 aromatic heterocycles. The highest BCUT2D eigenvalue weighted by molar-refractivity contribution is 6.31. The fourth-order valence-corrected chi connectivity index (χ4v) is 4.09. The number of amides is 1. The normalized spacial score (nSPS) is 15.9. The number of benzene rings is 1. The fraction of sp³-hybridized carbons (Fsp3) is 0.440. The van der Waals surface area contributed by atoms with Crippen LogP contribution in [0.2, 0.25) is 5.02 Å². The first kappa shape index (κ1) is 26.6. The van der Waals surface area contributed by atoms with Gasteiger partial charge in [-0.2, -0.15) is 0 Å². The van der Waals surface area contributed by atoms with Gasteiger partial charge in [0, 0.05) is 22.8 Å². The van der Waals surface area contributed by atoms with Crippen LogP contribution in [0.3, 0.4) is 0 Å². The summed E-state index contributed by atoms with van der Waals surface area (Å²) in [4.78, 5) is 28.3. The van der Waals surface area contributed by atoms with Gasteiger partial charge in [-0.05, 0) is 88.9 Å². The van der Waals surface area contributed by atoms with Gasteiger partial charge < -0.3 is 16.0 Å². The molecule has 1 aliphatic rings. The number of H-pyrrole nitrogens is 1. The number of rotatable bonds is 14. The maximum atomic E-state index is 13.4. The predicted molar refractivity (Wildman–Crippen MR) is 142 cm³/mol. The Bertz CT molecular complexity index is 1120. The summed E-state index contributed by atoms with van der Waals surface area (Å²) in [6, 6.07) is 5.31. The molecular weight excluding hydrogens is 469 g/mol. The molecule has 1 aromatic carbocycles. The number of aromatic nitrogens is 2. The van der Waals surface area contributed by atoms with Crippen LogP contribution in [-0.2, 0) is 4.79 Å². The van der Waals surface area contributed by atoms with E-state index in [9.17, 15) is 9.18 Å². The smallest absolute Gasteiger partial charge is 0.255 e. The molecule has 0 saturated heterocycles. The highest BCUT2D eigenvalue weighted by Crippen LogP contribution is 2.37. The predicted octanol–water partition coefficient (Wildman–Crippen LogP) is 4.76. The van der Waals surface area contributed by atoms with Crippen molar-refractivity contribution in [1.82, 2.24) is 15.3 Å². The number of allylic oxidation sites excluding steroid dienone is 2. The van der Waals surface area contributed by atoms with E-state index >= 15 is 0 Å². The number of aromatic amines is 1. The van der Waals surface area contributed by atoms with Crippen molar-refractivity contribution in [2.45, 2.75) is 38.5 Å². The van der Waals surface area contributed by atoms with Crippen molar-refractivity contribution < 1.29 is 9.18 Å². The maximum Gasteiger partial charge on any atom is 0.255 e. The molecular formula is C25H33ClFN7O. The molecule has 2 aromatic rings. The van der Waals surface area contributed by atoms with Crippen LogP contribution >= 0.6 is 11.6 Å². The Kier molecular flexibility index (Phi) is 9.98. The summed E-state index contributed by atoms with van der Waals surface area (Å²) in [6.07, 6.45) is 7.20. The van der Waals surface area contributed by atoms with Crippen molar-refractivity contribution in [2.75, 3.05) is 25.5 Å². The second-order valence-electron chi connectivity index (χ2n) is 8.73. The van der Waals surface area contributed by atoms with Crippen molar-refractivity contribution in [3.05, 3.63) is 46.5 Å². The second kappa shape index (κ2) is 13.2. The number of hydrogen-bond acceptors (Lipinski definition) is 6. The number of nitrogens with zero attached hydrogens (tertiary/aromatic N) is 3. The van der Waals surface area contributed by atoms with Gasteiger partial charge in [0.2, 0.25) is 5.95 Å². The first-order chi connectivity index (χ1) is 16.9. The molecule has 1 heterocycles. The Hall–Kier alpha value is -3.04. The van der Waals surface area contributed by atoms with Crippen LogP contribution in [0.15, 0.2) is 51.5 Å². The van der Waals surface area contributed by atoms with E-state index in [1.54, 1.807) is 18.2 Å². The lowest BCUT2D eigenvalue weighted by Crippen LogP contribution is -2.22. The summed E-state index contributed by atoms with van der Waals surface area (Å²) in [5.74, 6) is 0.150.